The third-order valence-electron chi connectivity index (χ3n) is 3.99. The van der Waals surface area contributed by atoms with E-state index in [1.807, 2.05) is 18.2 Å². The van der Waals surface area contributed by atoms with Gasteiger partial charge in [-0.05, 0) is 47.2 Å². The summed E-state index contributed by atoms with van der Waals surface area (Å²) in [6.07, 6.45) is 0. The molecule has 0 aliphatic rings. The van der Waals surface area contributed by atoms with Crippen LogP contribution in [0, 0.1) is 0 Å². The van der Waals surface area contributed by atoms with Gasteiger partial charge < -0.3 is 9.73 Å². The van der Waals surface area contributed by atoms with E-state index in [2.05, 4.69) is 29.6 Å². The van der Waals surface area contributed by atoms with Crippen LogP contribution in [0.5, 0.6) is 0 Å². The number of hydrogen-bond donors (Lipinski definition) is 1. The highest BCUT2D eigenvalue weighted by Crippen LogP contribution is 2.24. The normalized spacial score (nSPS) is 10.9. The molecule has 128 valence electrons. The molecule has 0 spiro atoms. The smallest absolute Gasteiger partial charge is 0.336 e. The van der Waals surface area contributed by atoms with Crippen LogP contribution in [0.4, 0.5) is 5.69 Å². The van der Waals surface area contributed by atoms with Crippen LogP contribution in [0.3, 0.4) is 0 Å². The molecule has 0 saturated heterocycles. The Kier molecular flexibility index (Phi) is 4.46. The molecule has 0 bridgehead atoms. The Bertz CT molecular complexity index is 1170. The average Bonchev–Trinajstić information content (AvgIpc) is 2.66. The molecule has 26 heavy (non-hydrogen) atoms. The van der Waals surface area contributed by atoms with E-state index in [-0.39, 0.29) is 11.5 Å². The molecular weight excluding hydrogens is 346 g/mol. The lowest BCUT2D eigenvalue weighted by Gasteiger charge is -2.07. The Hall–Kier alpha value is -3.05. The third kappa shape index (κ3) is 3.63. The molecule has 4 aromatic rings. The van der Waals surface area contributed by atoms with Gasteiger partial charge in [0.25, 0.3) is 0 Å². The molecule has 0 saturated carbocycles. The van der Waals surface area contributed by atoms with Crippen LogP contribution in [0.2, 0.25) is 0 Å². The molecule has 0 fully saturated rings. The summed E-state index contributed by atoms with van der Waals surface area (Å²) in [6, 6.07) is 22.6. The molecule has 0 radical (unpaired) electrons. The summed E-state index contributed by atoms with van der Waals surface area (Å²) in [5.41, 5.74) is 0.789. The van der Waals surface area contributed by atoms with Crippen molar-refractivity contribution in [1.82, 2.24) is 0 Å². The Balaban J connectivity index is 1.43. The van der Waals surface area contributed by atoms with Crippen molar-refractivity contribution in [2.24, 2.45) is 0 Å². The lowest BCUT2D eigenvalue weighted by atomic mass is 10.1. The number of fused-ring (bicyclic) bond motifs is 2. The quantitative estimate of drug-likeness (QED) is 0.424. The predicted octanol–water partition coefficient (Wildman–Crippen LogP) is 4.68. The standard InChI is InChI=1S/C21H15NO3S/c23-20(13-26-18-8-5-14-3-1-2-4-15(14)12-18)22-17-7-9-19-16(11-17)6-10-21(24)25-19/h1-12H,13H2,(H,22,23). The van der Waals surface area contributed by atoms with Crippen LogP contribution in [-0.2, 0) is 4.79 Å². The number of benzene rings is 3. The van der Waals surface area contributed by atoms with E-state index >= 15 is 0 Å². The molecular formula is C21H15NO3S. The van der Waals surface area contributed by atoms with E-state index < -0.39 is 0 Å². The first-order chi connectivity index (χ1) is 12.7. The van der Waals surface area contributed by atoms with E-state index in [0.717, 1.165) is 15.7 Å². The summed E-state index contributed by atoms with van der Waals surface area (Å²) in [7, 11) is 0. The lowest BCUT2D eigenvalue weighted by molar-refractivity contribution is -0.113. The van der Waals surface area contributed by atoms with Crippen molar-refractivity contribution in [3.63, 3.8) is 0 Å². The number of carbonyl (C=O) groups excluding carboxylic acids is 1. The summed E-state index contributed by atoms with van der Waals surface area (Å²) >= 11 is 1.50. The van der Waals surface area contributed by atoms with Crippen LogP contribution in [-0.4, -0.2) is 11.7 Å². The van der Waals surface area contributed by atoms with Gasteiger partial charge in [0.05, 0.1) is 5.75 Å². The van der Waals surface area contributed by atoms with Gasteiger partial charge in [-0.15, -0.1) is 11.8 Å². The van der Waals surface area contributed by atoms with Crippen molar-refractivity contribution >= 4 is 45.1 Å². The zero-order chi connectivity index (χ0) is 17.9. The van der Waals surface area contributed by atoms with Crippen LogP contribution >= 0.6 is 11.8 Å². The van der Waals surface area contributed by atoms with E-state index in [4.69, 9.17) is 4.42 Å². The molecule has 0 unspecified atom stereocenters. The maximum absolute atomic E-state index is 12.2. The number of thioether (sulfide) groups is 1. The number of rotatable bonds is 4. The highest BCUT2D eigenvalue weighted by atomic mass is 32.2. The van der Waals surface area contributed by atoms with Crippen LogP contribution in [0.1, 0.15) is 0 Å². The first-order valence-corrected chi connectivity index (χ1v) is 9.11. The van der Waals surface area contributed by atoms with Gasteiger partial charge in [0.2, 0.25) is 5.91 Å². The zero-order valence-corrected chi connectivity index (χ0v) is 14.6. The first-order valence-electron chi connectivity index (χ1n) is 8.13. The topological polar surface area (TPSA) is 59.3 Å². The maximum atomic E-state index is 12.2. The Morgan fingerprint density at radius 1 is 0.885 bits per heavy atom. The zero-order valence-electron chi connectivity index (χ0n) is 13.8. The monoisotopic (exact) mass is 361 g/mol. The van der Waals surface area contributed by atoms with Crippen LogP contribution < -0.4 is 10.9 Å². The average molecular weight is 361 g/mol. The Labute approximate surface area is 153 Å². The first kappa shape index (κ1) is 16.4. The van der Waals surface area contributed by atoms with Gasteiger partial charge in [0, 0.05) is 22.0 Å². The molecule has 4 nitrogen and oxygen atoms in total. The van der Waals surface area contributed by atoms with Gasteiger partial charge in [-0.1, -0.05) is 30.3 Å². The maximum Gasteiger partial charge on any atom is 0.336 e. The minimum Gasteiger partial charge on any atom is -0.423 e. The third-order valence-corrected chi connectivity index (χ3v) is 4.99. The van der Waals surface area contributed by atoms with Gasteiger partial charge in [-0.3, -0.25) is 4.79 Å². The molecule has 0 aliphatic heterocycles. The highest BCUT2D eigenvalue weighted by Gasteiger charge is 2.06. The fourth-order valence-electron chi connectivity index (χ4n) is 2.75. The van der Waals surface area contributed by atoms with Gasteiger partial charge >= 0.3 is 5.63 Å². The van der Waals surface area contributed by atoms with Crippen molar-refractivity contribution in [2.45, 2.75) is 4.90 Å². The summed E-state index contributed by atoms with van der Waals surface area (Å²) in [4.78, 5) is 24.5. The van der Waals surface area contributed by atoms with Gasteiger partial charge in [-0.2, -0.15) is 0 Å². The number of amides is 1. The molecule has 1 amide bonds. The van der Waals surface area contributed by atoms with Gasteiger partial charge in [0.1, 0.15) is 5.58 Å². The van der Waals surface area contributed by atoms with E-state index in [1.54, 1.807) is 24.3 Å². The van der Waals surface area contributed by atoms with E-state index in [1.165, 1.54) is 23.2 Å². The van der Waals surface area contributed by atoms with E-state index in [9.17, 15) is 9.59 Å². The second-order valence-electron chi connectivity index (χ2n) is 5.85. The predicted molar refractivity (Wildman–Crippen MR) is 106 cm³/mol. The lowest BCUT2D eigenvalue weighted by Crippen LogP contribution is -2.13. The molecule has 4 rings (SSSR count). The Morgan fingerprint density at radius 3 is 2.58 bits per heavy atom. The fraction of sp³-hybridized carbons (Fsp3) is 0.0476. The highest BCUT2D eigenvalue weighted by molar-refractivity contribution is 8.00. The molecule has 3 aromatic carbocycles. The Morgan fingerprint density at radius 2 is 1.69 bits per heavy atom. The number of carbonyl (C=O) groups is 1. The number of nitrogens with one attached hydrogen (secondary N) is 1. The minimum absolute atomic E-state index is 0.0834. The van der Waals surface area contributed by atoms with Crippen LogP contribution in [0.25, 0.3) is 21.7 Å². The fourth-order valence-corrected chi connectivity index (χ4v) is 3.50. The summed E-state index contributed by atoms with van der Waals surface area (Å²) in [6.45, 7) is 0. The molecule has 1 heterocycles. The van der Waals surface area contributed by atoms with Crippen molar-refractivity contribution in [2.75, 3.05) is 11.1 Å². The SMILES string of the molecule is O=C(CSc1ccc2ccccc2c1)Nc1ccc2oc(=O)ccc2c1. The summed E-state index contributed by atoms with van der Waals surface area (Å²) in [5.74, 6) is 0.236. The summed E-state index contributed by atoms with van der Waals surface area (Å²) in [5, 5.41) is 5.99. The second kappa shape index (κ2) is 7.06. The van der Waals surface area contributed by atoms with Crippen molar-refractivity contribution < 1.29 is 9.21 Å². The van der Waals surface area contributed by atoms with Crippen LogP contribution in [0.15, 0.2) is 86.9 Å². The number of hydrogen-bond acceptors (Lipinski definition) is 4. The summed E-state index contributed by atoms with van der Waals surface area (Å²) < 4.78 is 5.09. The van der Waals surface area contributed by atoms with Crippen molar-refractivity contribution in [3.05, 3.63) is 83.2 Å². The number of anilines is 1. The molecule has 5 heteroatoms. The second-order valence-corrected chi connectivity index (χ2v) is 6.90. The van der Waals surface area contributed by atoms with Gasteiger partial charge in [-0.25, -0.2) is 4.79 Å². The van der Waals surface area contributed by atoms with Crippen molar-refractivity contribution in [1.29, 1.82) is 0 Å². The van der Waals surface area contributed by atoms with Gasteiger partial charge in [0.15, 0.2) is 0 Å². The van der Waals surface area contributed by atoms with E-state index in [0.29, 0.717) is 17.0 Å². The van der Waals surface area contributed by atoms with Crippen molar-refractivity contribution in [3.8, 4) is 0 Å². The largest absolute Gasteiger partial charge is 0.423 e. The minimum atomic E-state index is -0.388. The molecule has 0 aliphatic carbocycles. The molecule has 1 N–H and O–H groups in total. The molecule has 1 aromatic heterocycles. The molecule has 0 atom stereocenters.